The number of ether oxygens (including phenoxy) is 1. The Morgan fingerprint density at radius 1 is 1.38 bits per heavy atom. The maximum Gasteiger partial charge on any atom is 0.305 e. The van der Waals surface area contributed by atoms with E-state index < -0.39 is 18.7 Å². The number of rotatable bonds is 6. The van der Waals surface area contributed by atoms with Gasteiger partial charge in [0.2, 0.25) is 0 Å². The van der Waals surface area contributed by atoms with Crippen molar-refractivity contribution in [2.45, 2.75) is 25.4 Å². The van der Waals surface area contributed by atoms with Gasteiger partial charge in [0.25, 0.3) is 0 Å². The second kappa shape index (κ2) is 6.56. The highest BCUT2D eigenvalue weighted by molar-refractivity contribution is 5.83. The number of aliphatic hydroxyl groups excluding tert-OH is 2. The van der Waals surface area contributed by atoms with Gasteiger partial charge >= 0.3 is 5.97 Å². The van der Waals surface area contributed by atoms with Crippen molar-refractivity contribution in [1.29, 1.82) is 0 Å². The molecule has 0 saturated heterocycles. The summed E-state index contributed by atoms with van der Waals surface area (Å²) in [7, 11) is 1.25. The van der Waals surface area contributed by atoms with E-state index in [1.54, 1.807) is 0 Å². The number of carbonyl (C=O) groups is 2. The highest BCUT2D eigenvalue weighted by Gasteiger charge is 2.11. The zero-order valence-corrected chi connectivity index (χ0v) is 7.52. The minimum atomic E-state index is -1.02. The third-order valence-electron chi connectivity index (χ3n) is 1.51. The molecule has 0 aliphatic carbocycles. The molecule has 0 spiro atoms. The zero-order chi connectivity index (χ0) is 10.3. The first kappa shape index (κ1) is 12.1. The van der Waals surface area contributed by atoms with Crippen LogP contribution in [0, 0.1) is 0 Å². The van der Waals surface area contributed by atoms with Crippen molar-refractivity contribution < 1.29 is 24.5 Å². The molecule has 0 radical (unpaired) electrons. The summed E-state index contributed by atoms with van der Waals surface area (Å²) in [6.07, 6.45) is -1.07. The number of Topliss-reactive ketones (excluding diaryl/α,β-unsaturated/α-hetero) is 1. The second-order valence-corrected chi connectivity index (χ2v) is 2.66. The van der Waals surface area contributed by atoms with Gasteiger partial charge in [-0.1, -0.05) is 0 Å². The molecule has 0 heterocycles. The topological polar surface area (TPSA) is 83.8 Å². The van der Waals surface area contributed by atoms with E-state index in [4.69, 9.17) is 10.2 Å². The normalized spacial score (nSPS) is 12.2. The number of ketones is 1. The van der Waals surface area contributed by atoms with Gasteiger partial charge in [-0.15, -0.1) is 0 Å². The minimum Gasteiger partial charge on any atom is -0.469 e. The molecule has 5 heteroatoms. The van der Waals surface area contributed by atoms with Gasteiger partial charge in [-0.3, -0.25) is 9.59 Å². The molecule has 1 atom stereocenters. The molecule has 0 fully saturated rings. The van der Waals surface area contributed by atoms with Crippen LogP contribution in [0.15, 0.2) is 0 Å². The smallest absolute Gasteiger partial charge is 0.305 e. The van der Waals surface area contributed by atoms with Gasteiger partial charge in [0, 0.05) is 12.8 Å². The maximum atomic E-state index is 11.0. The number of hydrogen-bond donors (Lipinski definition) is 2. The highest BCUT2D eigenvalue weighted by Crippen LogP contribution is 2.00. The lowest BCUT2D eigenvalue weighted by molar-refractivity contribution is -0.142. The summed E-state index contributed by atoms with van der Waals surface area (Å²) in [4.78, 5) is 21.5. The van der Waals surface area contributed by atoms with E-state index in [2.05, 4.69) is 4.74 Å². The van der Waals surface area contributed by atoms with Crippen LogP contribution in [-0.2, 0) is 14.3 Å². The van der Waals surface area contributed by atoms with Crippen molar-refractivity contribution in [3.63, 3.8) is 0 Å². The molecular formula is C8H14O5. The quantitative estimate of drug-likeness (QED) is 0.538. The summed E-state index contributed by atoms with van der Waals surface area (Å²) in [5, 5.41) is 17.3. The summed E-state index contributed by atoms with van der Waals surface area (Å²) < 4.78 is 4.33. The molecule has 0 aliphatic heterocycles. The van der Waals surface area contributed by atoms with Gasteiger partial charge in [-0.25, -0.2) is 0 Å². The van der Waals surface area contributed by atoms with E-state index >= 15 is 0 Å². The molecule has 0 bridgehead atoms. The van der Waals surface area contributed by atoms with Crippen molar-refractivity contribution in [2.75, 3.05) is 13.7 Å². The average Bonchev–Trinajstić information content (AvgIpc) is 2.13. The van der Waals surface area contributed by atoms with Crippen LogP contribution in [-0.4, -0.2) is 41.8 Å². The fraction of sp³-hybridized carbons (Fsp3) is 0.750. The summed E-state index contributed by atoms with van der Waals surface area (Å²) in [6, 6.07) is 0. The van der Waals surface area contributed by atoms with Crippen molar-refractivity contribution >= 4 is 11.8 Å². The van der Waals surface area contributed by atoms with E-state index in [0.29, 0.717) is 0 Å². The molecule has 0 aromatic rings. The first-order valence-corrected chi connectivity index (χ1v) is 3.97. The van der Waals surface area contributed by atoms with E-state index in [-0.39, 0.29) is 25.0 Å². The highest BCUT2D eigenvalue weighted by atomic mass is 16.5. The van der Waals surface area contributed by atoms with Crippen LogP contribution in [0.3, 0.4) is 0 Å². The molecule has 2 N–H and O–H groups in total. The molecule has 0 rings (SSSR count). The van der Waals surface area contributed by atoms with Crippen molar-refractivity contribution in [3.05, 3.63) is 0 Å². The number of methoxy groups -OCH3 is 1. The Kier molecular flexibility index (Phi) is 6.09. The number of carbonyl (C=O) groups excluding carboxylic acids is 2. The predicted octanol–water partition coefficient (Wildman–Crippen LogP) is -0.748. The Morgan fingerprint density at radius 3 is 2.46 bits per heavy atom. The Bertz CT molecular complexity index is 177. The number of aliphatic hydroxyl groups is 2. The van der Waals surface area contributed by atoms with Crippen LogP contribution in [0.5, 0.6) is 0 Å². The number of esters is 1. The lowest BCUT2D eigenvalue weighted by Crippen LogP contribution is -2.18. The predicted molar refractivity (Wildman–Crippen MR) is 44.0 cm³/mol. The first-order valence-electron chi connectivity index (χ1n) is 3.97. The SMILES string of the molecule is COC(=O)CCC(=O)C[C@@H](O)CO. The van der Waals surface area contributed by atoms with Crippen LogP contribution in [0.2, 0.25) is 0 Å². The third-order valence-corrected chi connectivity index (χ3v) is 1.51. The summed E-state index contributed by atoms with van der Waals surface area (Å²) in [5.74, 6) is -0.709. The standard InChI is InChI=1S/C8H14O5/c1-13-8(12)3-2-6(10)4-7(11)5-9/h7,9,11H,2-5H2,1H3/t7-/m1/s1. The van der Waals surface area contributed by atoms with Gasteiger partial charge in [-0.05, 0) is 0 Å². The van der Waals surface area contributed by atoms with E-state index in [1.807, 2.05) is 0 Å². The molecule has 0 aliphatic rings. The van der Waals surface area contributed by atoms with Crippen molar-refractivity contribution in [3.8, 4) is 0 Å². The van der Waals surface area contributed by atoms with Gasteiger partial charge in [-0.2, -0.15) is 0 Å². The molecule has 0 saturated carbocycles. The van der Waals surface area contributed by atoms with Crippen molar-refractivity contribution in [2.24, 2.45) is 0 Å². The Hall–Kier alpha value is -0.940. The molecule has 13 heavy (non-hydrogen) atoms. The molecule has 0 aromatic heterocycles. The first-order chi connectivity index (χ1) is 6.10. The Labute approximate surface area is 76.3 Å². The third kappa shape index (κ3) is 6.24. The second-order valence-electron chi connectivity index (χ2n) is 2.66. The van der Waals surface area contributed by atoms with Crippen LogP contribution < -0.4 is 0 Å². The lowest BCUT2D eigenvalue weighted by Gasteiger charge is -2.04. The molecule has 0 aromatic carbocycles. The molecular weight excluding hydrogens is 176 g/mol. The van der Waals surface area contributed by atoms with Crippen LogP contribution in [0.25, 0.3) is 0 Å². The Morgan fingerprint density at radius 2 is 2.00 bits per heavy atom. The van der Waals surface area contributed by atoms with Gasteiger partial charge < -0.3 is 14.9 Å². The van der Waals surface area contributed by atoms with Gasteiger partial charge in [0.15, 0.2) is 0 Å². The minimum absolute atomic E-state index is 0.0213. The zero-order valence-electron chi connectivity index (χ0n) is 7.52. The van der Waals surface area contributed by atoms with Crippen LogP contribution in [0.1, 0.15) is 19.3 Å². The lowest BCUT2D eigenvalue weighted by atomic mass is 10.1. The summed E-state index contributed by atoms with van der Waals surface area (Å²) in [6.45, 7) is -0.441. The summed E-state index contributed by atoms with van der Waals surface area (Å²) in [5.41, 5.74) is 0. The molecule has 0 amide bonds. The maximum absolute atomic E-state index is 11.0. The molecule has 5 nitrogen and oxygen atoms in total. The van der Waals surface area contributed by atoms with Crippen LogP contribution in [0.4, 0.5) is 0 Å². The van der Waals surface area contributed by atoms with E-state index in [1.165, 1.54) is 7.11 Å². The average molecular weight is 190 g/mol. The fourth-order valence-electron chi connectivity index (χ4n) is 0.773. The fourth-order valence-corrected chi connectivity index (χ4v) is 0.773. The summed E-state index contributed by atoms with van der Waals surface area (Å²) >= 11 is 0. The monoisotopic (exact) mass is 190 g/mol. The molecule has 76 valence electrons. The van der Waals surface area contributed by atoms with Gasteiger partial charge in [0.05, 0.1) is 26.2 Å². The van der Waals surface area contributed by atoms with E-state index in [0.717, 1.165) is 0 Å². The van der Waals surface area contributed by atoms with Crippen molar-refractivity contribution in [1.82, 2.24) is 0 Å². The Balaban J connectivity index is 3.57. The molecule has 0 unspecified atom stereocenters. The van der Waals surface area contributed by atoms with Gasteiger partial charge in [0.1, 0.15) is 5.78 Å². The number of hydrogen-bond acceptors (Lipinski definition) is 5. The van der Waals surface area contributed by atoms with Crippen LogP contribution >= 0.6 is 0 Å². The van der Waals surface area contributed by atoms with E-state index in [9.17, 15) is 9.59 Å². The largest absolute Gasteiger partial charge is 0.469 e.